The van der Waals surface area contributed by atoms with Crippen molar-refractivity contribution in [3.63, 3.8) is 0 Å². The minimum atomic E-state index is 0.0880. The molecule has 3 aromatic rings. The first-order valence-corrected chi connectivity index (χ1v) is 13.6. The molecule has 1 unspecified atom stereocenters. The molecular weight excluding hydrogens is 448 g/mol. The molecule has 0 radical (unpaired) electrons. The smallest absolute Gasteiger partial charge is 0.147 e. The normalized spacial score (nSPS) is 22.1. The molecule has 6 rings (SSSR count). The van der Waals surface area contributed by atoms with Gasteiger partial charge in [-0.2, -0.15) is 0 Å². The summed E-state index contributed by atoms with van der Waals surface area (Å²) in [5.74, 6) is 0.946. The summed E-state index contributed by atoms with van der Waals surface area (Å²) in [6.07, 6.45) is 17.3. The van der Waals surface area contributed by atoms with Gasteiger partial charge >= 0.3 is 0 Å². The Bertz CT molecular complexity index is 1160. The fourth-order valence-electron chi connectivity index (χ4n) is 5.40. The Hall–Kier alpha value is -3.00. The molecule has 1 N–H and O–H groups in total. The first-order chi connectivity index (χ1) is 17.6. The van der Waals surface area contributed by atoms with E-state index < -0.39 is 0 Å². The third-order valence-corrected chi connectivity index (χ3v) is 8.27. The van der Waals surface area contributed by atoms with Gasteiger partial charge in [0.15, 0.2) is 0 Å². The van der Waals surface area contributed by atoms with Gasteiger partial charge in [0.05, 0.1) is 42.3 Å². The van der Waals surface area contributed by atoms with Gasteiger partial charge < -0.3 is 19.7 Å². The molecule has 8 nitrogen and oxygen atoms in total. The maximum atomic E-state index is 4.85. The molecule has 5 heterocycles. The fourth-order valence-corrected chi connectivity index (χ4v) is 5.40. The van der Waals surface area contributed by atoms with Crippen molar-refractivity contribution >= 4 is 11.5 Å². The molecule has 2 atom stereocenters. The molecule has 0 bridgehead atoms. The average molecular weight is 487 g/mol. The Balaban J connectivity index is 1.10. The van der Waals surface area contributed by atoms with E-state index in [-0.39, 0.29) is 6.04 Å². The number of pyridine rings is 1. The minimum Gasteiger partial charge on any atom is -0.369 e. The molecule has 3 aromatic heterocycles. The van der Waals surface area contributed by atoms with Gasteiger partial charge in [-0.1, -0.05) is 6.92 Å². The highest BCUT2D eigenvalue weighted by atomic mass is 15.2. The van der Waals surface area contributed by atoms with Gasteiger partial charge in [-0.15, -0.1) is 0 Å². The Labute approximate surface area is 214 Å². The van der Waals surface area contributed by atoms with Crippen LogP contribution in [0.5, 0.6) is 0 Å². The summed E-state index contributed by atoms with van der Waals surface area (Å²) in [6.45, 7) is 10.00. The number of anilines is 2. The standard InChI is InChI=1S/C28H38N8/c1-21(36-18-26(32-20-36)25-15-29-16-27(33-25)34-11-3-4-12-34)24-8-7-23(14-30-24)35-13-5-6-22(17-35)31-19-28(2)9-10-28/h7-8,14-16,18,20-22,31H,3-6,9-13,17,19H2,1-2H3/t21?,22-/m1/s1. The SMILES string of the molecule is CC(c1ccc(N2CCC[C@@H](NCC3(C)CC3)C2)cn1)n1cnc(-c2cncc(N3CCCC3)n2)c1. The number of hydrogen-bond donors (Lipinski definition) is 1. The van der Waals surface area contributed by atoms with Crippen LogP contribution < -0.4 is 15.1 Å². The van der Waals surface area contributed by atoms with E-state index in [1.54, 1.807) is 6.20 Å². The van der Waals surface area contributed by atoms with Crippen molar-refractivity contribution in [3.05, 3.63) is 48.9 Å². The van der Waals surface area contributed by atoms with Crippen molar-refractivity contribution in [3.8, 4) is 11.4 Å². The molecule has 36 heavy (non-hydrogen) atoms. The highest BCUT2D eigenvalue weighted by molar-refractivity contribution is 5.55. The van der Waals surface area contributed by atoms with Crippen LogP contribution in [0, 0.1) is 5.41 Å². The molecule has 8 heteroatoms. The van der Waals surface area contributed by atoms with E-state index >= 15 is 0 Å². The summed E-state index contributed by atoms with van der Waals surface area (Å²) in [7, 11) is 0. The van der Waals surface area contributed by atoms with Gasteiger partial charge in [-0.3, -0.25) is 9.97 Å². The van der Waals surface area contributed by atoms with Crippen LogP contribution in [0.15, 0.2) is 43.2 Å². The van der Waals surface area contributed by atoms with Crippen LogP contribution in [0.3, 0.4) is 0 Å². The second kappa shape index (κ2) is 9.81. The van der Waals surface area contributed by atoms with E-state index in [2.05, 4.69) is 61.8 Å². The van der Waals surface area contributed by atoms with Gasteiger partial charge in [-0.05, 0) is 63.0 Å². The van der Waals surface area contributed by atoms with Crippen molar-refractivity contribution in [1.82, 2.24) is 29.8 Å². The molecule has 0 aromatic carbocycles. The first-order valence-electron chi connectivity index (χ1n) is 13.6. The molecule has 2 aliphatic heterocycles. The van der Waals surface area contributed by atoms with Crippen LogP contribution in [0.4, 0.5) is 11.5 Å². The van der Waals surface area contributed by atoms with E-state index in [0.29, 0.717) is 11.5 Å². The van der Waals surface area contributed by atoms with Crippen molar-refractivity contribution < 1.29 is 0 Å². The van der Waals surface area contributed by atoms with E-state index in [4.69, 9.17) is 9.97 Å². The Morgan fingerprint density at radius 3 is 2.61 bits per heavy atom. The highest BCUT2D eigenvalue weighted by Crippen LogP contribution is 2.44. The number of piperidine rings is 1. The molecule has 3 fully saturated rings. The highest BCUT2D eigenvalue weighted by Gasteiger charge is 2.37. The lowest BCUT2D eigenvalue weighted by Crippen LogP contribution is -2.47. The van der Waals surface area contributed by atoms with Crippen molar-refractivity contribution in [2.75, 3.05) is 42.5 Å². The predicted octanol–water partition coefficient (Wildman–Crippen LogP) is 4.30. The number of nitrogens with one attached hydrogen (secondary N) is 1. The third-order valence-electron chi connectivity index (χ3n) is 8.27. The van der Waals surface area contributed by atoms with E-state index in [1.165, 1.54) is 44.2 Å². The molecule has 1 saturated carbocycles. The molecule has 3 aliphatic rings. The molecular formula is C28H38N8. The number of hydrogen-bond acceptors (Lipinski definition) is 7. The number of rotatable bonds is 8. The van der Waals surface area contributed by atoms with Crippen LogP contribution in [-0.2, 0) is 0 Å². The number of imidazole rings is 1. The second-order valence-corrected chi connectivity index (χ2v) is 11.3. The summed E-state index contributed by atoms with van der Waals surface area (Å²) >= 11 is 0. The molecule has 2 saturated heterocycles. The largest absolute Gasteiger partial charge is 0.369 e. The summed E-state index contributed by atoms with van der Waals surface area (Å²) in [6, 6.07) is 5.05. The lowest BCUT2D eigenvalue weighted by molar-refractivity contribution is 0.383. The van der Waals surface area contributed by atoms with Gasteiger partial charge in [-0.25, -0.2) is 9.97 Å². The van der Waals surface area contributed by atoms with Crippen LogP contribution in [-0.4, -0.2) is 63.3 Å². The van der Waals surface area contributed by atoms with E-state index in [1.807, 2.05) is 18.7 Å². The Morgan fingerprint density at radius 2 is 1.83 bits per heavy atom. The zero-order valence-corrected chi connectivity index (χ0v) is 21.6. The quantitative estimate of drug-likeness (QED) is 0.509. The van der Waals surface area contributed by atoms with Gasteiger partial charge in [0, 0.05) is 45.0 Å². The van der Waals surface area contributed by atoms with Crippen molar-refractivity contribution in [2.45, 2.75) is 64.5 Å². The van der Waals surface area contributed by atoms with Crippen LogP contribution in [0.2, 0.25) is 0 Å². The molecule has 0 spiro atoms. The second-order valence-electron chi connectivity index (χ2n) is 11.3. The average Bonchev–Trinajstić information content (AvgIpc) is 3.32. The van der Waals surface area contributed by atoms with Crippen molar-refractivity contribution in [1.29, 1.82) is 0 Å². The summed E-state index contributed by atoms with van der Waals surface area (Å²) < 4.78 is 2.11. The Kier molecular flexibility index (Phi) is 6.37. The van der Waals surface area contributed by atoms with Gasteiger partial charge in [0.2, 0.25) is 0 Å². The van der Waals surface area contributed by atoms with E-state index in [0.717, 1.165) is 55.6 Å². The third kappa shape index (κ3) is 5.09. The molecule has 190 valence electrons. The summed E-state index contributed by atoms with van der Waals surface area (Å²) in [5.41, 5.74) is 4.47. The summed E-state index contributed by atoms with van der Waals surface area (Å²) in [5, 5.41) is 3.83. The van der Waals surface area contributed by atoms with Crippen LogP contribution >= 0.6 is 0 Å². The Morgan fingerprint density at radius 1 is 1.00 bits per heavy atom. The van der Waals surface area contributed by atoms with Gasteiger partial charge in [0.1, 0.15) is 17.2 Å². The van der Waals surface area contributed by atoms with E-state index in [9.17, 15) is 0 Å². The molecule has 0 amide bonds. The monoisotopic (exact) mass is 486 g/mol. The fraction of sp³-hybridized carbons (Fsp3) is 0.571. The lowest BCUT2D eigenvalue weighted by Gasteiger charge is -2.35. The maximum absolute atomic E-state index is 4.85. The number of nitrogens with zero attached hydrogens (tertiary/aromatic N) is 7. The summed E-state index contributed by atoms with van der Waals surface area (Å²) in [4.78, 5) is 23.5. The van der Waals surface area contributed by atoms with Gasteiger partial charge in [0.25, 0.3) is 0 Å². The molecule has 1 aliphatic carbocycles. The predicted molar refractivity (Wildman–Crippen MR) is 143 cm³/mol. The number of aromatic nitrogens is 5. The maximum Gasteiger partial charge on any atom is 0.147 e. The topological polar surface area (TPSA) is 75.0 Å². The zero-order chi connectivity index (χ0) is 24.5. The lowest BCUT2D eigenvalue weighted by atomic mass is 10.0. The van der Waals surface area contributed by atoms with Crippen LogP contribution in [0.25, 0.3) is 11.4 Å². The van der Waals surface area contributed by atoms with Crippen LogP contribution in [0.1, 0.15) is 64.1 Å². The first kappa shape index (κ1) is 23.4. The van der Waals surface area contributed by atoms with Crippen molar-refractivity contribution in [2.24, 2.45) is 5.41 Å². The minimum absolute atomic E-state index is 0.0880. The zero-order valence-electron chi connectivity index (χ0n) is 21.6.